The zero-order chi connectivity index (χ0) is 10.0. The Morgan fingerprint density at radius 3 is 2.46 bits per heavy atom. The first-order chi connectivity index (χ1) is 6.06. The maximum atomic E-state index is 12.4. The molecule has 3 atom stereocenters. The highest BCUT2D eigenvalue weighted by molar-refractivity contribution is 4.86. The normalized spacial score (nSPS) is 32.8. The van der Waals surface area contributed by atoms with Crippen LogP contribution in [0.1, 0.15) is 26.7 Å². The molecule has 3 heteroatoms. The fraction of sp³-hybridized carbons (Fsp3) is 1.00. The first-order valence-corrected chi connectivity index (χ1v) is 5.04. The fourth-order valence-corrected chi connectivity index (χ4v) is 2.19. The van der Waals surface area contributed by atoms with E-state index < -0.39 is 12.3 Å². The van der Waals surface area contributed by atoms with Crippen LogP contribution >= 0.6 is 0 Å². The molecule has 0 spiro atoms. The summed E-state index contributed by atoms with van der Waals surface area (Å²) in [6.07, 6.45) is -0.398. The van der Waals surface area contributed by atoms with E-state index in [2.05, 4.69) is 18.7 Å². The van der Waals surface area contributed by atoms with Crippen LogP contribution in [0.5, 0.6) is 0 Å². The van der Waals surface area contributed by atoms with Crippen LogP contribution in [0.3, 0.4) is 0 Å². The second-order valence-corrected chi connectivity index (χ2v) is 4.22. The molecule has 0 aromatic carbocycles. The molecule has 0 saturated carbocycles. The molecule has 78 valence electrons. The molecule has 1 rings (SSSR count). The third kappa shape index (κ3) is 2.39. The Morgan fingerprint density at radius 1 is 1.46 bits per heavy atom. The molecule has 0 N–H and O–H groups in total. The van der Waals surface area contributed by atoms with Gasteiger partial charge in [-0.2, -0.15) is 0 Å². The second kappa shape index (κ2) is 4.36. The fourth-order valence-electron chi connectivity index (χ4n) is 2.19. The lowest BCUT2D eigenvalue weighted by Crippen LogP contribution is -2.30. The number of alkyl halides is 2. The second-order valence-electron chi connectivity index (χ2n) is 4.22. The van der Waals surface area contributed by atoms with Gasteiger partial charge in [-0.15, -0.1) is 0 Å². The lowest BCUT2D eigenvalue weighted by Gasteiger charge is -2.24. The summed E-state index contributed by atoms with van der Waals surface area (Å²) in [5, 5.41) is 0. The molecular formula is C10H19F2N. The minimum atomic E-state index is -2.14. The van der Waals surface area contributed by atoms with Crippen molar-refractivity contribution in [2.75, 3.05) is 13.6 Å². The summed E-state index contributed by atoms with van der Waals surface area (Å²) in [6, 6.07) is 0.365. The van der Waals surface area contributed by atoms with Gasteiger partial charge in [-0.05, 0) is 19.4 Å². The zero-order valence-electron chi connectivity index (χ0n) is 8.63. The van der Waals surface area contributed by atoms with E-state index in [1.165, 1.54) is 0 Å². The molecule has 0 aromatic rings. The Bertz CT molecular complexity index is 161. The molecule has 13 heavy (non-hydrogen) atoms. The average Bonchev–Trinajstić information content (AvgIpc) is 2.46. The Morgan fingerprint density at radius 2 is 2.08 bits per heavy atom. The van der Waals surface area contributed by atoms with Crippen molar-refractivity contribution >= 4 is 0 Å². The minimum Gasteiger partial charge on any atom is -0.303 e. The van der Waals surface area contributed by atoms with Crippen LogP contribution < -0.4 is 0 Å². The van der Waals surface area contributed by atoms with E-state index in [1.54, 1.807) is 0 Å². The Hall–Kier alpha value is -0.180. The highest BCUT2D eigenvalue weighted by atomic mass is 19.3. The topological polar surface area (TPSA) is 3.24 Å². The largest absolute Gasteiger partial charge is 0.303 e. The van der Waals surface area contributed by atoms with Gasteiger partial charge in [0.1, 0.15) is 0 Å². The third-order valence-corrected chi connectivity index (χ3v) is 3.29. The van der Waals surface area contributed by atoms with Crippen molar-refractivity contribution in [3.05, 3.63) is 0 Å². The van der Waals surface area contributed by atoms with Crippen LogP contribution in [-0.2, 0) is 0 Å². The number of rotatable bonds is 3. The van der Waals surface area contributed by atoms with Gasteiger partial charge in [0.05, 0.1) is 0 Å². The van der Waals surface area contributed by atoms with Gasteiger partial charge in [-0.3, -0.25) is 0 Å². The van der Waals surface area contributed by atoms with Crippen molar-refractivity contribution in [3.8, 4) is 0 Å². The molecule has 1 saturated heterocycles. The van der Waals surface area contributed by atoms with Gasteiger partial charge in [0.15, 0.2) is 0 Å². The van der Waals surface area contributed by atoms with Crippen molar-refractivity contribution in [2.24, 2.45) is 11.8 Å². The highest BCUT2D eigenvalue weighted by Crippen LogP contribution is 2.31. The van der Waals surface area contributed by atoms with Crippen LogP contribution in [0.2, 0.25) is 0 Å². The van der Waals surface area contributed by atoms with Crippen LogP contribution in [0.15, 0.2) is 0 Å². The first-order valence-electron chi connectivity index (χ1n) is 5.04. The van der Waals surface area contributed by atoms with Crippen LogP contribution in [0.4, 0.5) is 8.78 Å². The number of likely N-dealkylation sites (tertiary alicyclic amines) is 1. The zero-order valence-corrected chi connectivity index (χ0v) is 8.63. The SMILES string of the molecule is CCC(C)C1CC(C(F)F)CN1C. The van der Waals surface area contributed by atoms with E-state index in [0.29, 0.717) is 24.9 Å². The minimum absolute atomic E-state index is 0.365. The summed E-state index contributed by atoms with van der Waals surface area (Å²) in [5.74, 6) is 0.137. The lowest BCUT2D eigenvalue weighted by molar-refractivity contribution is 0.0821. The van der Waals surface area contributed by atoms with Gasteiger partial charge >= 0.3 is 0 Å². The highest BCUT2D eigenvalue weighted by Gasteiger charge is 2.36. The summed E-state index contributed by atoms with van der Waals surface area (Å²) < 4.78 is 24.9. The number of halogens is 2. The lowest BCUT2D eigenvalue weighted by atomic mass is 9.94. The number of nitrogens with zero attached hydrogens (tertiary/aromatic N) is 1. The maximum absolute atomic E-state index is 12.4. The van der Waals surface area contributed by atoms with E-state index in [4.69, 9.17) is 0 Å². The molecule has 0 bridgehead atoms. The van der Waals surface area contributed by atoms with Crippen molar-refractivity contribution in [3.63, 3.8) is 0 Å². The molecule has 1 fully saturated rings. The van der Waals surface area contributed by atoms with E-state index in [9.17, 15) is 8.78 Å². The molecule has 3 unspecified atom stereocenters. The quantitative estimate of drug-likeness (QED) is 0.663. The van der Waals surface area contributed by atoms with Crippen LogP contribution in [0, 0.1) is 11.8 Å². The number of hydrogen-bond donors (Lipinski definition) is 0. The van der Waals surface area contributed by atoms with Crippen LogP contribution in [0.25, 0.3) is 0 Å². The van der Waals surface area contributed by atoms with Gasteiger partial charge in [0.25, 0.3) is 0 Å². The summed E-state index contributed by atoms with van der Waals surface area (Å²) >= 11 is 0. The van der Waals surface area contributed by atoms with Crippen molar-refractivity contribution in [1.29, 1.82) is 0 Å². The van der Waals surface area contributed by atoms with E-state index in [-0.39, 0.29) is 0 Å². The first kappa shape index (κ1) is 10.9. The average molecular weight is 191 g/mol. The smallest absolute Gasteiger partial charge is 0.242 e. The van der Waals surface area contributed by atoms with Gasteiger partial charge in [-0.25, -0.2) is 8.78 Å². The van der Waals surface area contributed by atoms with Gasteiger partial charge < -0.3 is 4.90 Å². The number of hydrogen-bond acceptors (Lipinski definition) is 1. The summed E-state index contributed by atoms with van der Waals surface area (Å²) in [6.45, 7) is 4.83. The van der Waals surface area contributed by atoms with Gasteiger partial charge in [0, 0.05) is 18.5 Å². The molecule has 1 aliphatic heterocycles. The third-order valence-electron chi connectivity index (χ3n) is 3.29. The molecular weight excluding hydrogens is 172 g/mol. The predicted molar refractivity (Wildman–Crippen MR) is 50.0 cm³/mol. The van der Waals surface area contributed by atoms with E-state index >= 15 is 0 Å². The van der Waals surface area contributed by atoms with Crippen LogP contribution in [-0.4, -0.2) is 31.0 Å². The van der Waals surface area contributed by atoms with E-state index in [1.807, 2.05) is 7.05 Å². The molecule has 0 aromatic heterocycles. The van der Waals surface area contributed by atoms with Crippen molar-refractivity contribution in [2.45, 2.75) is 39.2 Å². The Labute approximate surface area is 79.1 Å². The summed E-state index contributed by atoms with van der Waals surface area (Å²) in [5.41, 5.74) is 0. The molecule has 1 aliphatic rings. The van der Waals surface area contributed by atoms with Crippen molar-refractivity contribution in [1.82, 2.24) is 4.90 Å². The molecule has 0 aliphatic carbocycles. The van der Waals surface area contributed by atoms with Crippen molar-refractivity contribution < 1.29 is 8.78 Å². The Balaban J connectivity index is 2.51. The Kier molecular flexibility index (Phi) is 3.65. The van der Waals surface area contributed by atoms with E-state index in [0.717, 1.165) is 6.42 Å². The summed E-state index contributed by atoms with van der Waals surface area (Å²) in [4.78, 5) is 2.09. The van der Waals surface area contributed by atoms with Gasteiger partial charge in [-0.1, -0.05) is 20.3 Å². The monoisotopic (exact) mass is 191 g/mol. The molecule has 0 radical (unpaired) electrons. The summed E-state index contributed by atoms with van der Waals surface area (Å²) in [7, 11) is 1.96. The predicted octanol–water partition coefficient (Wildman–Crippen LogP) is 2.62. The molecule has 1 heterocycles. The maximum Gasteiger partial charge on any atom is 0.242 e. The van der Waals surface area contributed by atoms with Gasteiger partial charge in [0.2, 0.25) is 6.43 Å². The molecule has 1 nitrogen and oxygen atoms in total. The standard InChI is InChI=1S/C10H19F2N/c1-4-7(2)9-5-8(10(11)12)6-13(9)3/h7-10H,4-6H2,1-3H3. The molecule has 0 amide bonds.